The molecule has 2 atom stereocenters. The Balaban J connectivity index is 1.42. The number of ether oxygens (including phenoxy) is 1. The van der Waals surface area contributed by atoms with Gasteiger partial charge in [0.2, 0.25) is 0 Å². The summed E-state index contributed by atoms with van der Waals surface area (Å²) in [5.41, 5.74) is 0.396. The van der Waals surface area contributed by atoms with Crippen LogP contribution in [-0.4, -0.2) is 33.8 Å². The van der Waals surface area contributed by atoms with E-state index in [9.17, 15) is 9.90 Å². The van der Waals surface area contributed by atoms with Gasteiger partial charge >= 0.3 is 6.09 Å². The average Bonchev–Trinajstić information content (AvgIpc) is 2.98. The number of carbonyl (C=O) groups is 1. The van der Waals surface area contributed by atoms with Crippen LogP contribution in [0.1, 0.15) is 76.2 Å². The lowest BCUT2D eigenvalue weighted by molar-refractivity contribution is -0.0554. The lowest BCUT2D eigenvalue weighted by Crippen LogP contribution is -2.53. The molecule has 0 spiro atoms. The summed E-state index contributed by atoms with van der Waals surface area (Å²) >= 11 is 0. The molecule has 2 saturated heterocycles. The first kappa shape index (κ1) is 20.9. The Hall–Kier alpha value is -1.81. The van der Waals surface area contributed by atoms with Gasteiger partial charge in [0.1, 0.15) is 6.61 Å². The van der Waals surface area contributed by atoms with Crippen molar-refractivity contribution in [3.8, 4) is 0 Å². The third-order valence-corrected chi connectivity index (χ3v) is 6.32. The van der Waals surface area contributed by atoms with E-state index in [1.807, 2.05) is 41.3 Å². The lowest BCUT2D eigenvalue weighted by atomic mass is 9.82. The molecule has 0 aromatic heterocycles. The number of hydrogen-bond acceptors (Lipinski definition) is 3. The van der Waals surface area contributed by atoms with Gasteiger partial charge in [-0.25, -0.2) is 4.79 Å². The monoisotopic (exact) mass is 385 g/mol. The quantitative estimate of drug-likeness (QED) is 0.421. The first-order chi connectivity index (χ1) is 13.6. The number of benzene rings is 1. The van der Waals surface area contributed by atoms with E-state index in [2.05, 4.69) is 6.58 Å². The zero-order valence-corrected chi connectivity index (χ0v) is 17.0. The highest BCUT2D eigenvalue weighted by Gasteiger charge is 2.49. The van der Waals surface area contributed by atoms with E-state index >= 15 is 0 Å². The minimum absolute atomic E-state index is 0.125. The van der Waals surface area contributed by atoms with E-state index in [1.165, 1.54) is 25.7 Å². The maximum Gasteiger partial charge on any atom is 0.410 e. The van der Waals surface area contributed by atoms with Gasteiger partial charge in [0.25, 0.3) is 0 Å². The number of unbranched alkanes of at least 4 members (excludes halogenated alkanes) is 5. The molecule has 28 heavy (non-hydrogen) atoms. The molecule has 2 fully saturated rings. The predicted octanol–water partition coefficient (Wildman–Crippen LogP) is 5.60. The van der Waals surface area contributed by atoms with Crippen molar-refractivity contribution < 1.29 is 14.6 Å². The maximum absolute atomic E-state index is 12.6. The maximum atomic E-state index is 12.6. The van der Waals surface area contributed by atoms with Crippen molar-refractivity contribution in [3.63, 3.8) is 0 Å². The Morgan fingerprint density at radius 2 is 1.75 bits per heavy atom. The van der Waals surface area contributed by atoms with Crippen molar-refractivity contribution in [2.75, 3.05) is 0 Å². The second kappa shape index (κ2) is 10.1. The second-order valence-electron chi connectivity index (χ2n) is 8.56. The third-order valence-electron chi connectivity index (χ3n) is 6.32. The van der Waals surface area contributed by atoms with Gasteiger partial charge in [-0.3, -0.25) is 0 Å². The van der Waals surface area contributed by atoms with Crippen molar-refractivity contribution in [3.05, 3.63) is 48.6 Å². The molecule has 1 aromatic rings. The van der Waals surface area contributed by atoms with Crippen LogP contribution < -0.4 is 0 Å². The summed E-state index contributed by atoms with van der Waals surface area (Å²) in [4.78, 5) is 14.6. The summed E-state index contributed by atoms with van der Waals surface area (Å²) in [7, 11) is 0. The first-order valence-corrected chi connectivity index (χ1v) is 10.9. The van der Waals surface area contributed by atoms with Crippen molar-refractivity contribution in [2.45, 2.75) is 94.9 Å². The SMILES string of the molecule is C=CCCCCCCCC1(O)CC2CCC(C1)N2C(=O)OCc1ccccc1. The van der Waals surface area contributed by atoms with Gasteiger partial charge < -0.3 is 14.7 Å². The molecule has 2 unspecified atom stereocenters. The average molecular weight is 386 g/mol. The summed E-state index contributed by atoms with van der Waals surface area (Å²) in [6, 6.07) is 10.0. The number of allylic oxidation sites excluding steroid dienone is 1. The van der Waals surface area contributed by atoms with E-state index in [-0.39, 0.29) is 18.2 Å². The van der Waals surface area contributed by atoms with Crippen LogP contribution in [0.3, 0.4) is 0 Å². The number of amides is 1. The number of fused-ring (bicyclic) bond motifs is 2. The topological polar surface area (TPSA) is 49.8 Å². The van der Waals surface area contributed by atoms with Gasteiger partial charge in [-0.05, 0) is 50.5 Å². The fourth-order valence-corrected chi connectivity index (χ4v) is 4.89. The van der Waals surface area contributed by atoms with Crippen LogP contribution >= 0.6 is 0 Å². The van der Waals surface area contributed by atoms with Crippen molar-refractivity contribution in [2.24, 2.45) is 0 Å². The fraction of sp³-hybridized carbons (Fsp3) is 0.625. The van der Waals surface area contributed by atoms with Crippen molar-refractivity contribution >= 4 is 6.09 Å². The van der Waals surface area contributed by atoms with Gasteiger partial charge in [-0.1, -0.05) is 62.1 Å². The van der Waals surface area contributed by atoms with E-state index < -0.39 is 5.60 Å². The highest BCUT2D eigenvalue weighted by molar-refractivity contribution is 5.69. The minimum Gasteiger partial charge on any atom is -0.445 e. The van der Waals surface area contributed by atoms with Crippen LogP contribution in [0.25, 0.3) is 0 Å². The van der Waals surface area contributed by atoms with Gasteiger partial charge in [-0.15, -0.1) is 6.58 Å². The molecular weight excluding hydrogens is 350 g/mol. The fourth-order valence-electron chi connectivity index (χ4n) is 4.89. The number of carbonyl (C=O) groups excluding carboxylic acids is 1. The van der Waals surface area contributed by atoms with E-state index in [4.69, 9.17) is 4.74 Å². The standard InChI is InChI=1S/C24H35NO3/c1-2-3-4-5-6-7-11-16-24(27)17-21-14-15-22(18-24)25(21)23(26)28-19-20-12-9-8-10-13-20/h2,8-10,12-13,21-22,27H,1,3-7,11,14-19H2. The normalized spacial score (nSPS) is 26.2. The van der Waals surface area contributed by atoms with Crippen LogP contribution in [0.2, 0.25) is 0 Å². The zero-order valence-electron chi connectivity index (χ0n) is 17.0. The molecule has 2 heterocycles. The number of nitrogens with zero attached hydrogens (tertiary/aromatic N) is 1. The molecule has 154 valence electrons. The van der Waals surface area contributed by atoms with E-state index in [0.717, 1.165) is 37.7 Å². The number of piperidine rings is 1. The molecule has 0 aliphatic carbocycles. The predicted molar refractivity (Wildman–Crippen MR) is 112 cm³/mol. The van der Waals surface area contributed by atoms with Crippen LogP contribution in [0.15, 0.2) is 43.0 Å². The zero-order chi connectivity index (χ0) is 19.8. The molecule has 1 amide bonds. The molecule has 4 nitrogen and oxygen atoms in total. The van der Waals surface area contributed by atoms with E-state index in [1.54, 1.807) is 0 Å². The Kier molecular flexibility index (Phi) is 7.55. The number of hydrogen-bond donors (Lipinski definition) is 1. The molecule has 3 rings (SSSR count). The van der Waals surface area contributed by atoms with Crippen LogP contribution in [-0.2, 0) is 11.3 Å². The Morgan fingerprint density at radius 1 is 1.11 bits per heavy atom. The van der Waals surface area contributed by atoms with Crippen molar-refractivity contribution in [1.82, 2.24) is 4.90 Å². The lowest BCUT2D eigenvalue weighted by Gasteiger charge is -2.43. The van der Waals surface area contributed by atoms with Crippen LogP contribution in [0.4, 0.5) is 4.79 Å². The van der Waals surface area contributed by atoms with Gasteiger partial charge in [0, 0.05) is 12.1 Å². The Morgan fingerprint density at radius 3 is 2.43 bits per heavy atom. The first-order valence-electron chi connectivity index (χ1n) is 10.9. The summed E-state index contributed by atoms with van der Waals surface area (Å²) < 4.78 is 5.56. The second-order valence-corrected chi connectivity index (χ2v) is 8.56. The largest absolute Gasteiger partial charge is 0.445 e. The minimum atomic E-state index is -0.608. The molecule has 1 N–H and O–H groups in total. The Bertz CT molecular complexity index is 616. The molecule has 2 bridgehead atoms. The summed E-state index contributed by atoms with van der Waals surface area (Å²) in [5, 5.41) is 11.1. The molecule has 1 aromatic carbocycles. The summed E-state index contributed by atoms with van der Waals surface area (Å²) in [5.74, 6) is 0. The van der Waals surface area contributed by atoms with Gasteiger partial charge in [0.05, 0.1) is 5.60 Å². The highest BCUT2D eigenvalue weighted by atomic mass is 16.6. The van der Waals surface area contributed by atoms with Gasteiger partial charge in [-0.2, -0.15) is 0 Å². The van der Waals surface area contributed by atoms with Crippen LogP contribution in [0.5, 0.6) is 0 Å². The Labute approximate surface area is 169 Å². The molecular formula is C24H35NO3. The number of rotatable bonds is 10. The molecule has 4 heteroatoms. The smallest absolute Gasteiger partial charge is 0.410 e. The van der Waals surface area contributed by atoms with Crippen molar-refractivity contribution in [1.29, 1.82) is 0 Å². The van der Waals surface area contributed by atoms with Crippen LogP contribution in [0, 0.1) is 0 Å². The molecule has 0 saturated carbocycles. The summed E-state index contributed by atoms with van der Waals surface area (Å²) in [6.45, 7) is 4.07. The van der Waals surface area contributed by atoms with Gasteiger partial charge in [0.15, 0.2) is 0 Å². The third kappa shape index (κ3) is 5.60. The number of aliphatic hydroxyl groups is 1. The van der Waals surface area contributed by atoms with E-state index in [0.29, 0.717) is 19.4 Å². The summed E-state index contributed by atoms with van der Waals surface area (Å²) in [6.07, 6.45) is 13.0. The highest BCUT2D eigenvalue weighted by Crippen LogP contribution is 2.43. The molecule has 0 radical (unpaired) electrons. The molecule has 2 aliphatic heterocycles. The molecule has 2 aliphatic rings.